The molecule has 0 spiro atoms. The number of thioether (sulfide) groups is 1. The Morgan fingerprint density at radius 3 is 2.61 bits per heavy atom. The molecule has 1 aromatic heterocycles. The summed E-state index contributed by atoms with van der Waals surface area (Å²) in [7, 11) is 0. The van der Waals surface area contributed by atoms with Crippen molar-refractivity contribution in [1.29, 1.82) is 0 Å². The molecule has 28 heavy (non-hydrogen) atoms. The first-order valence-electron chi connectivity index (χ1n) is 8.99. The standard InChI is InChI=1S/C21H19FN2O3S/c1-28-16-5-2-4-14(12-16)19-18(13-7-9-15(22)10-8-13)20(25)24-17(21(26)27)6-3-11-23(19)24/h2,4-5,7-10,12,17H,3,6,11H2,1H3,(H,26,27). The predicted octanol–water partition coefficient (Wildman–Crippen LogP) is 4.26. The second kappa shape index (κ2) is 7.31. The number of nitrogens with zero attached hydrogens (tertiary/aromatic N) is 2. The number of carbonyl (C=O) groups is 1. The van der Waals surface area contributed by atoms with E-state index >= 15 is 0 Å². The first-order valence-corrected chi connectivity index (χ1v) is 10.2. The molecule has 0 bridgehead atoms. The van der Waals surface area contributed by atoms with Gasteiger partial charge in [0.15, 0.2) is 6.04 Å². The van der Waals surface area contributed by atoms with E-state index in [4.69, 9.17) is 0 Å². The maximum absolute atomic E-state index is 13.5. The van der Waals surface area contributed by atoms with Crippen molar-refractivity contribution in [3.8, 4) is 22.4 Å². The summed E-state index contributed by atoms with van der Waals surface area (Å²) in [6.45, 7) is 0.555. The van der Waals surface area contributed by atoms with Gasteiger partial charge in [0.2, 0.25) is 0 Å². The fourth-order valence-electron chi connectivity index (χ4n) is 3.82. The van der Waals surface area contributed by atoms with Crippen molar-refractivity contribution in [3.05, 3.63) is 64.7 Å². The quantitative estimate of drug-likeness (QED) is 0.667. The summed E-state index contributed by atoms with van der Waals surface area (Å²) in [5.41, 5.74) is 2.15. The van der Waals surface area contributed by atoms with Gasteiger partial charge >= 0.3 is 5.97 Å². The molecule has 0 saturated carbocycles. The van der Waals surface area contributed by atoms with Crippen LogP contribution in [0.4, 0.5) is 4.39 Å². The summed E-state index contributed by atoms with van der Waals surface area (Å²) in [6.07, 6.45) is 3.05. The average molecular weight is 398 g/mol. The van der Waals surface area contributed by atoms with Crippen LogP contribution in [0.15, 0.2) is 58.2 Å². The highest BCUT2D eigenvalue weighted by molar-refractivity contribution is 7.98. The summed E-state index contributed by atoms with van der Waals surface area (Å²) in [6, 6.07) is 12.7. The molecule has 0 amide bonds. The molecule has 7 heteroatoms. The fourth-order valence-corrected chi connectivity index (χ4v) is 4.28. The number of carboxylic acids is 1. The van der Waals surface area contributed by atoms with Gasteiger partial charge in [-0.05, 0) is 48.9 Å². The lowest BCUT2D eigenvalue weighted by Gasteiger charge is -2.25. The summed E-state index contributed by atoms with van der Waals surface area (Å²) in [5.74, 6) is -1.40. The van der Waals surface area contributed by atoms with Crippen LogP contribution in [0, 0.1) is 5.82 Å². The molecule has 2 heterocycles. The van der Waals surface area contributed by atoms with E-state index in [0.29, 0.717) is 36.2 Å². The predicted molar refractivity (Wildman–Crippen MR) is 107 cm³/mol. The number of carboxylic acid groups (broad SMARTS) is 1. The van der Waals surface area contributed by atoms with Gasteiger partial charge in [-0.1, -0.05) is 24.3 Å². The van der Waals surface area contributed by atoms with Crippen LogP contribution in [-0.2, 0) is 11.3 Å². The van der Waals surface area contributed by atoms with Gasteiger partial charge in [0, 0.05) is 17.0 Å². The summed E-state index contributed by atoms with van der Waals surface area (Å²) >= 11 is 1.59. The number of fused-ring (bicyclic) bond motifs is 1. The van der Waals surface area contributed by atoms with Gasteiger partial charge in [0.25, 0.3) is 5.56 Å². The third kappa shape index (κ3) is 3.05. The van der Waals surface area contributed by atoms with Crippen molar-refractivity contribution in [2.75, 3.05) is 6.26 Å². The minimum atomic E-state index is -1.02. The summed E-state index contributed by atoms with van der Waals surface area (Å²) < 4.78 is 16.6. The minimum Gasteiger partial charge on any atom is -0.480 e. The van der Waals surface area contributed by atoms with E-state index < -0.39 is 12.0 Å². The molecule has 5 nitrogen and oxygen atoms in total. The van der Waals surface area contributed by atoms with E-state index in [1.54, 1.807) is 28.6 Å². The molecule has 3 aromatic rings. The van der Waals surface area contributed by atoms with Crippen LogP contribution in [0.2, 0.25) is 0 Å². The molecule has 2 aromatic carbocycles. The van der Waals surface area contributed by atoms with Gasteiger partial charge in [0.1, 0.15) is 5.82 Å². The highest BCUT2D eigenvalue weighted by atomic mass is 32.2. The molecule has 0 saturated heterocycles. The van der Waals surface area contributed by atoms with Crippen molar-refractivity contribution in [2.45, 2.75) is 30.3 Å². The number of hydrogen-bond acceptors (Lipinski definition) is 3. The molecule has 0 aliphatic carbocycles. The lowest BCUT2D eigenvalue weighted by atomic mass is 10.0. The number of hydrogen-bond donors (Lipinski definition) is 1. The Kier molecular flexibility index (Phi) is 4.85. The van der Waals surface area contributed by atoms with Crippen LogP contribution < -0.4 is 5.56 Å². The third-order valence-electron chi connectivity index (χ3n) is 5.08. The number of benzene rings is 2. The van der Waals surface area contributed by atoms with E-state index in [1.807, 2.05) is 30.5 Å². The Morgan fingerprint density at radius 2 is 1.93 bits per heavy atom. The third-order valence-corrected chi connectivity index (χ3v) is 5.81. The SMILES string of the molecule is CSc1cccc(-c2c(-c3ccc(F)cc3)c(=O)n3n2CCCC3C(=O)O)c1. The van der Waals surface area contributed by atoms with Crippen LogP contribution in [-0.4, -0.2) is 26.7 Å². The molecule has 1 aliphatic heterocycles. The zero-order valence-electron chi connectivity index (χ0n) is 15.3. The van der Waals surface area contributed by atoms with Gasteiger partial charge < -0.3 is 5.11 Å². The second-order valence-electron chi connectivity index (χ2n) is 6.73. The Balaban J connectivity index is 2.05. The smallest absolute Gasteiger partial charge is 0.328 e. The summed E-state index contributed by atoms with van der Waals surface area (Å²) in [5, 5.41) is 9.64. The molecule has 144 valence electrons. The van der Waals surface area contributed by atoms with Gasteiger partial charge in [-0.2, -0.15) is 0 Å². The number of aromatic nitrogens is 2. The van der Waals surface area contributed by atoms with Crippen LogP contribution in [0.3, 0.4) is 0 Å². The van der Waals surface area contributed by atoms with Crippen molar-refractivity contribution < 1.29 is 14.3 Å². The molecule has 1 aliphatic rings. The highest BCUT2D eigenvalue weighted by Crippen LogP contribution is 2.35. The topological polar surface area (TPSA) is 64.2 Å². The van der Waals surface area contributed by atoms with E-state index in [1.165, 1.54) is 16.8 Å². The van der Waals surface area contributed by atoms with Gasteiger partial charge in [-0.15, -0.1) is 11.8 Å². The largest absolute Gasteiger partial charge is 0.480 e. The molecule has 1 unspecified atom stereocenters. The first kappa shape index (κ1) is 18.6. The average Bonchev–Trinajstić information content (AvgIpc) is 3.01. The maximum Gasteiger partial charge on any atom is 0.328 e. The van der Waals surface area contributed by atoms with E-state index in [-0.39, 0.29) is 11.4 Å². The molecular weight excluding hydrogens is 379 g/mol. The van der Waals surface area contributed by atoms with Crippen LogP contribution in [0.25, 0.3) is 22.4 Å². The van der Waals surface area contributed by atoms with E-state index in [9.17, 15) is 19.1 Å². The lowest BCUT2D eigenvalue weighted by Crippen LogP contribution is -2.36. The molecule has 0 fully saturated rings. The Bertz CT molecular complexity index is 1100. The minimum absolute atomic E-state index is 0.358. The van der Waals surface area contributed by atoms with E-state index in [0.717, 1.165) is 10.5 Å². The molecular formula is C21H19FN2O3S. The van der Waals surface area contributed by atoms with Gasteiger partial charge in [-0.25, -0.2) is 13.9 Å². The molecule has 1 atom stereocenters. The zero-order valence-corrected chi connectivity index (χ0v) is 16.1. The maximum atomic E-state index is 13.5. The Morgan fingerprint density at radius 1 is 1.18 bits per heavy atom. The van der Waals surface area contributed by atoms with Crippen LogP contribution in [0.1, 0.15) is 18.9 Å². The van der Waals surface area contributed by atoms with Crippen molar-refractivity contribution >= 4 is 17.7 Å². The van der Waals surface area contributed by atoms with Crippen molar-refractivity contribution in [3.63, 3.8) is 0 Å². The van der Waals surface area contributed by atoms with Gasteiger partial charge in [0.05, 0.1) is 11.3 Å². The monoisotopic (exact) mass is 398 g/mol. The van der Waals surface area contributed by atoms with Gasteiger partial charge in [-0.3, -0.25) is 9.48 Å². The lowest BCUT2D eigenvalue weighted by molar-refractivity contribution is -0.142. The Labute approximate surface area is 165 Å². The Hall–Kier alpha value is -2.80. The van der Waals surface area contributed by atoms with E-state index in [2.05, 4.69) is 0 Å². The zero-order chi connectivity index (χ0) is 19.8. The highest BCUT2D eigenvalue weighted by Gasteiger charge is 2.33. The molecule has 1 N–H and O–H groups in total. The second-order valence-corrected chi connectivity index (χ2v) is 7.61. The number of rotatable bonds is 4. The normalized spacial score (nSPS) is 16.0. The van der Waals surface area contributed by atoms with Crippen molar-refractivity contribution in [1.82, 2.24) is 9.36 Å². The fraction of sp³-hybridized carbons (Fsp3) is 0.238. The van der Waals surface area contributed by atoms with Crippen LogP contribution >= 0.6 is 11.8 Å². The van der Waals surface area contributed by atoms with Crippen LogP contribution in [0.5, 0.6) is 0 Å². The molecule has 0 radical (unpaired) electrons. The molecule has 4 rings (SSSR count). The van der Waals surface area contributed by atoms with Crippen molar-refractivity contribution in [2.24, 2.45) is 0 Å². The first-order chi connectivity index (χ1) is 13.5. The summed E-state index contributed by atoms with van der Waals surface area (Å²) in [4.78, 5) is 26.2. The number of halogens is 1. The number of aliphatic carboxylic acids is 1.